The van der Waals surface area contributed by atoms with Crippen LogP contribution in [-0.4, -0.2) is 10.1 Å². The molecule has 0 fully saturated rings. The fourth-order valence-electron chi connectivity index (χ4n) is 0.471. The summed E-state index contributed by atoms with van der Waals surface area (Å²) < 4.78 is 0. The van der Waals surface area contributed by atoms with E-state index in [1.165, 1.54) is 12.3 Å². The van der Waals surface area contributed by atoms with Crippen LogP contribution in [0.4, 0.5) is 0 Å². The van der Waals surface area contributed by atoms with Crippen LogP contribution in [-0.2, 0) is 0 Å². The van der Waals surface area contributed by atoms with Crippen LogP contribution in [0.15, 0.2) is 18.3 Å². The summed E-state index contributed by atoms with van der Waals surface area (Å²) >= 11 is 0. The van der Waals surface area contributed by atoms with Crippen LogP contribution in [0.5, 0.6) is 5.75 Å². The zero-order valence-electron chi connectivity index (χ0n) is 4.70. The van der Waals surface area contributed by atoms with Crippen molar-refractivity contribution in [2.45, 2.75) is 0 Å². The molecule has 0 spiro atoms. The molecule has 44 valence electrons. The van der Waals surface area contributed by atoms with Gasteiger partial charge in [0.2, 0.25) is 0 Å². The lowest BCUT2D eigenvalue weighted by Gasteiger charge is -1.88. The first kappa shape index (κ1) is 5.64. The second-order valence-electron chi connectivity index (χ2n) is 1.55. The van der Waals surface area contributed by atoms with Crippen LogP contribution in [0.25, 0.3) is 0 Å². The van der Waals surface area contributed by atoms with Gasteiger partial charge in [0.15, 0.2) is 0 Å². The highest BCUT2D eigenvalue weighted by molar-refractivity contribution is 5.27. The van der Waals surface area contributed by atoms with Crippen molar-refractivity contribution in [2.75, 3.05) is 0 Å². The summed E-state index contributed by atoms with van der Waals surface area (Å²) in [5.41, 5.74) is 0.535. The highest BCUT2D eigenvalue weighted by atomic mass is 16.3. The topological polar surface area (TPSA) is 33.1 Å². The van der Waals surface area contributed by atoms with Crippen molar-refractivity contribution in [2.24, 2.45) is 0 Å². The van der Waals surface area contributed by atoms with E-state index in [-0.39, 0.29) is 5.75 Å². The Morgan fingerprint density at radius 3 is 2.78 bits per heavy atom. The average molecular weight is 119 g/mol. The summed E-state index contributed by atoms with van der Waals surface area (Å²) in [5.74, 6) is 2.47. The van der Waals surface area contributed by atoms with Crippen LogP contribution < -0.4 is 0 Å². The first-order chi connectivity index (χ1) is 4.33. The SMILES string of the molecule is C#Cc1ccc(O)cn1. The molecule has 0 aliphatic heterocycles. The maximum absolute atomic E-state index is 8.72. The van der Waals surface area contributed by atoms with Gasteiger partial charge in [0, 0.05) is 0 Å². The van der Waals surface area contributed by atoms with E-state index in [1.807, 2.05) is 0 Å². The molecular weight excluding hydrogens is 114 g/mol. The Balaban J connectivity index is 3.06. The molecule has 0 amide bonds. The van der Waals surface area contributed by atoms with Crippen LogP contribution in [0, 0.1) is 12.3 Å². The van der Waals surface area contributed by atoms with Crippen LogP contribution in [0.1, 0.15) is 5.69 Å². The molecule has 9 heavy (non-hydrogen) atoms. The molecule has 1 aromatic rings. The Hall–Kier alpha value is -1.49. The lowest BCUT2D eigenvalue weighted by molar-refractivity contribution is 0.472. The van der Waals surface area contributed by atoms with Gasteiger partial charge in [0.05, 0.1) is 6.20 Å². The Bertz CT molecular complexity index is 232. The number of aromatic hydroxyl groups is 1. The van der Waals surface area contributed by atoms with E-state index in [2.05, 4.69) is 10.9 Å². The van der Waals surface area contributed by atoms with E-state index in [4.69, 9.17) is 11.5 Å². The molecule has 0 radical (unpaired) electrons. The van der Waals surface area contributed by atoms with Crippen LogP contribution in [0.3, 0.4) is 0 Å². The zero-order valence-corrected chi connectivity index (χ0v) is 4.70. The normalized spacial score (nSPS) is 8.33. The van der Waals surface area contributed by atoms with Crippen molar-refractivity contribution in [3.05, 3.63) is 24.0 Å². The largest absolute Gasteiger partial charge is 0.506 e. The summed E-state index contributed by atoms with van der Waals surface area (Å²) in [6.07, 6.45) is 6.32. The van der Waals surface area contributed by atoms with Gasteiger partial charge in [0.25, 0.3) is 0 Å². The van der Waals surface area contributed by atoms with E-state index < -0.39 is 0 Å². The summed E-state index contributed by atoms with van der Waals surface area (Å²) in [6.45, 7) is 0. The molecule has 1 heterocycles. The van der Waals surface area contributed by atoms with Crippen LogP contribution >= 0.6 is 0 Å². The molecule has 0 saturated heterocycles. The van der Waals surface area contributed by atoms with Crippen molar-refractivity contribution in [3.8, 4) is 18.1 Å². The zero-order chi connectivity index (χ0) is 6.69. The Kier molecular flexibility index (Phi) is 1.37. The van der Waals surface area contributed by atoms with Gasteiger partial charge in [-0.15, -0.1) is 6.42 Å². The predicted molar refractivity (Wildman–Crippen MR) is 33.8 cm³/mol. The van der Waals surface area contributed by atoms with Crippen molar-refractivity contribution in [1.82, 2.24) is 4.98 Å². The first-order valence-corrected chi connectivity index (χ1v) is 2.44. The minimum absolute atomic E-state index is 0.133. The molecule has 0 saturated carbocycles. The van der Waals surface area contributed by atoms with Crippen molar-refractivity contribution >= 4 is 0 Å². The lowest BCUT2D eigenvalue weighted by Crippen LogP contribution is -1.77. The highest BCUT2D eigenvalue weighted by Crippen LogP contribution is 2.03. The molecule has 0 aliphatic rings. The fourth-order valence-corrected chi connectivity index (χ4v) is 0.471. The third-order valence-electron chi connectivity index (χ3n) is 0.896. The summed E-state index contributed by atoms with van der Waals surface area (Å²) in [5, 5.41) is 8.72. The van der Waals surface area contributed by atoms with E-state index in [0.29, 0.717) is 5.69 Å². The molecule has 1 N–H and O–H groups in total. The molecule has 2 nitrogen and oxygen atoms in total. The maximum atomic E-state index is 8.72. The highest BCUT2D eigenvalue weighted by Gasteiger charge is 1.86. The van der Waals surface area contributed by atoms with E-state index >= 15 is 0 Å². The van der Waals surface area contributed by atoms with Gasteiger partial charge in [-0.05, 0) is 12.1 Å². The number of hydrogen-bond acceptors (Lipinski definition) is 2. The number of pyridine rings is 1. The standard InChI is InChI=1S/C7H5NO/c1-2-6-3-4-7(9)5-8-6/h1,3-5,9H. The van der Waals surface area contributed by atoms with E-state index in [1.54, 1.807) is 6.07 Å². The first-order valence-electron chi connectivity index (χ1n) is 2.44. The van der Waals surface area contributed by atoms with Gasteiger partial charge >= 0.3 is 0 Å². The third kappa shape index (κ3) is 1.20. The smallest absolute Gasteiger partial charge is 0.133 e. The van der Waals surface area contributed by atoms with Gasteiger partial charge in [0.1, 0.15) is 11.4 Å². The number of nitrogens with zero attached hydrogens (tertiary/aromatic N) is 1. The molecule has 0 aromatic carbocycles. The number of hydrogen-bond donors (Lipinski definition) is 1. The quantitative estimate of drug-likeness (QED) is 0.511. The van der Waals surface area contributed by atoms with Crippen molar-refractivity contribution in [1.29, 1.82) is 0 Å². The maximum Gasteiger partial charge on any atom is 0.133 e. The van der Waals surface area contributed by atoms with E-state index in [9.17, 15) is 0 Å². The van der Waals surface area contributed by atoms with Crippen LogP contribution in [0.2, 0.25) is 0 Å². The van der Waals surface area contributed by atoms with Gasteiger partial charge in [-0.2, -0.15) is 0 Å². The fraction of sp³-hybridized carbons (Fsp3) is 0. The van der Waals surface area contributed by atoms with E-state index in [0.717, 1.165) is 0 Å². The molecule has 2 heteroatoms. The van der Waals surface area contributed by atoms with Gasteiger partial charge in [-0.1, -0.05) is 5.92 Å². The second-order valence-corrected chi connectivity index (χ2v) is 1.55. The molecule has 0 bridgehead atoms. The molecule has 1 rings (SSSR count). The Morgan fingerprint density at radius 2 is 2.33 bits per heavy atom. The second kappa shape index (κ2) is 2.19. The molecular formula is C7H5NO. The monoisotopic (exact) mass is 119 g/mol. The van der Waals surface area contributed by atoms with Gasteiger partial charge < -0.3 is 5.11 Å². The molecule has 0 unspecified atom stereocenters. The average Bonchev–Trinajstić information content (AvgIpc) is 1.90. The Morgan fingerprint density at radius 1 is 1.56 bits per heavy atom. The third-order valence-corrected chi connectivity index (χ3v) is 0.896. The summed E-state index contributed by atoms with van der Waals surface area (Å²) in [6, 6.07) is 3.08. The van der Waals surface area contributed by atoms with Gasteiger partial charge in [-0.25, -0.2) is 4.98 Å². The lowest BCUT2D eigenvalue weighted by atomic mass is 10.3. The van der Waals surface area contributed by atoms with Crippen molar-refractivity contribution in [3.63, 3.8) is 0 Å². The summed E-state index contributed by atoms with van der Waals surface area (Å²) in [7, 11) is 0. The minimum Gasteiger partial charge on any atom is -0.506 e. The predicted octanol–water partition coefficient (Wildman–Crippen LogP) is 0.768. The minimum atomic E-state index is 0.133. The van der Waals surface area contributed by atoms with Crippen molar-refractivity contribution < 1.29 is 5.11 Å². The molecule has 1 aromatic heterocycles. The number of terminal acetylenes is 1. The summed E-state index contributed by atoms with van der Waals surface area (Å²) in [4.78, 5) is 3.71. The molecule has 0 atom stereocenters. The number of aromatic nitrogens is 1. The Labute approximate surface area is 53.2 Å². The van der Waals surface area contributed by atoms with Gasteiger partial charge in [-0.3, -0.25) is 0 Å². The number of rotatable bonds is 0. The molecule has 0 aliphatic carbocycles.